The highest BCUT2D eigenvalue weighted by molar-refractivity contribution is 14.0. The van der Waals surface area contributed by atoms with E-state index in [1.54, 1.807) is 0 Å². The van der Waals surface area contributed by atoms with Crippen molar-refractivity contribution in [3.8, 4) is 0 Å². The zero-order valence-corrected chi connectivity index (χ0v) is 21.6. The topological polar surface area (TPSA) is 56.2 Å². The fraction of sp³-hybridized carbons (Fsp3) is 0.478. The van der Waals surface area contributed by atoms with Crippen LogP contribution in [0.1, 0.15) is 11.6 Å². The van der Waals surface area contributed by atoms with Gasteiger partial charge >= 0.3 is 0 Å². The van der Waals surface area contributed by atoms with Gasteiger partial charge in [0.1, 0.15) is 5.82 Å². The van der Waals surface area contributed by atoms with E-state index >= 15 is 0 Å². The van der Waals surface area contributed by atoms with Gasteiger partial charge in [0.2, 0.25) is 0 Å². The molecule has 1 unspecified atom stereocenters. The average molecular weight is 571 g/mol. The number of aliphatic imine (C=N–C) groups is 1. The van der Waals surface area contributed by atoms with Crippen LogP contribution in [0.2, 0.25) is 5.02 Å². The average Bonchev–Trinajstić information content (AvgIpc) is 2.84. The zero-order valence-electron chi connectivity index (χ0n) is 18.5. The van der Waals surface area contributed by atoms with E-state index in [0.29, 0.717) is 0 Å². The number of ether oxygens (including phenoxy) is 1. The number of hydrogen-bond donors (Lipinski definition) is 1. The van der Waals surface area contributed by atoms with Crippen LogP contribution in [-0.4, -0.2) is 86.8 Å². The van der Waals surface area contributed by atoms with Crippen molar-refractivity contribution in [1.82, 2.24) is 20.1 Å². The molecular weight excluding hydrogens is 539 g/mol. The first-order valence-electron chi connectivity index (χ1n) is 10.9. The van der Waals surface area contributed by atoms with Gasteiger partial charge in [-0.25, -0.2) is 4.98 Å². The molecule has 1 aromatic carbocycles. The van der Waals surface area contributed by atoms with E-state index in [0.717, 1.165) is 81.4 Å². The van der Waals surface area contributed by atoms with Crippen LogP contribution in [0, 0.1) is 0 Å². The van der Waals surface area contributed by atoms with Crippen LogP contribution in [0.15, 0.2) is 53.7 Å². The van der Waals surface area contributed by atoms with Gasteiger partial charge in [0.05, 0.1) is 19.3 Å². The number of rotatable bonds is 5. The fourth-order valence-corrected chi connectivity index (χ4v) is 4.54. The van der Waals surface area contributed by atoms with Crippen LogP contribution >= 0.6 is 35.6 Å². The summed E-state index contributed by atoms with van der Waals surface area (Å²) in [7, 11) is 1.85. The Labute approximate surface area is 212 Å². The monoisotopic (exact) mass is 570 g/mol. The molecule has 174 valence electrons. The van der Waals surface area contributed by atoms with Crippen molar-refractivity contribution in [1.29, 1.82) is 0 Å². The number of guanidine groups is 1. The lowest BCUT2D eigenvalue weighted by Crippen LogP contribution is -2.54. The molecule has 2 aliphatic heterocycles. The highest BCUT2D eigenvalue weighted by Gasteiger charge is 2.26. The molecule has 0 aliphatic carbocycles. The van der Waals surface area contributed by atoms with Crippen molar-refractivity contribution in [2.24, 2.45) is 4.99 Å². The Morgan fingerprint density at radius 2 is 1.78 bits per heavy atom. The molecule has 2 saturated heterocycles. The van der Waals surface area contributed by atoms with Crippen molar-refractivity contribution in [3.05, 3.63) is 59.2 Å². The van der Waals surface area contributed by atoms with Gasteiger partial charge in [0.15, 0.2) is 5.96 Å². The SMILES string of the molecule is CN=C(NCC(c1ccccc1Cl)N1CCOCC1)N1CCN(c2ccccn2)CC1.I. The molecular formula is C23H32ClIN6O. The zero-order chi connectivity index (χ0) is 21.5. The van der Waals surface area contributed by atoms with E-state index in [9.17, 15) is 0 Å². The van der Waals surface area contributed by atoms with Gasteiger partial charge in [-0.15, -0.1) is 24.0 Å². The maximum Gasteiger partial charge on any atom is 0.193 e. The summed E-state index contributed by atoms with van der Waals surface area (Å²) in [6.07, 6.45) is 1.85. The van der Waals surface area contributed by atoms with Crippen LogP contribution in [0.5, 0.6) is 0 Å². The van der Waals surface area contributed by atoms with Gasteiger partial charge in [-0.3, -0.25) is 9.89 Å². The Hall–Kier alpha value is -1.62. The van der Waals surface area contributed by atoms with E-state index in [2.05, 4.69) is 48.2 Å². The predicted molar refractivity (Wildman–Crippen MR) is 141 cm³/mol. The van der Waals surface area contributed by atoms with E-state index in [1.165, 1.54) is 0 Å². The second-order valence-corrected chi connectivity index (χ2v) is 8.18. The van der Waals surface area contributed by atoms with Crippen molar-refractivity contribution in [2.45, 2.75) is 6.04 Å². The molecule has 0 bridgehead atoms. The number of hydrogen-bond acceptors (Lipinski definition) is 5. The quantitative estimate of drug-likeness (QED) is 0.339. The Kier molecular flexibility index (Phi) is 9.83. The fourth-order valence-electron chi connectivity index (χ4n) is 4.28. The minimum Gasteiger partial charge on any atom is -0.379 e. The molecule has 0 radical (unpaired) electrons. The molecule has 1 N–H and O–H groups in total. The standard InChI is InChI=1S/C23H31ClN6O.HI/c1-25-23(30-12-10-29(11-13-30)22-8-4-5-9-26-22)27-18-21(28-14-16-31-17-15-28)19-6-2-3-7-20(19)24;/h2-9,21H,10-18H2,1H3,(H,25,27);1H. The van der Waals surface area contributed by atoms with Crippen LogP contribution in [-0.2, 0) is 4.74 Å². The maximum absolute atomic E-state index is 6.57. The van der Waals surface area contributed by atoms with Crippen LogP contribution < -0.4 is 10.2 Å². The summed E-state index contributed by atoms with van der Waals surface area (Å²) < 4.78 is 5.57. The van der Waals surface area contributed by atoms with E-state index in [-0.39, 0.29) is 30.0 Å². The van der Waals surface area contributed by atoms with E-state index < -0.39 is 0 Å². The molecule has 1 aromatic heterocycles. The van der Waals surface area contributed by atoms with Crippen molar-refractivity contribution >= 4 is 47.4 Å². The van der Waals surface area contributed by atoms with E-state index in [1.807, 2.05) is 37.5 Å². The molecule has 0 spiro atoms. The Morgan fingerprint density at radius 1 is 1.06 bits per heavy atom. The summed E-state index contributed by atoms with van der Waals surface area (Å²) in [6, 6.07) is 14.4. The summed E-state index contributed by atoms with van der Waals surface area (Å²) in [5.41, 5.74) is 1.15. The number of piperazine rings is 1. The number of nitrogens with one attached hydrogen (secondary N) is 1. The van der Waals surface area contributed by atoms with Crippen LogP contribution in [0.4, 0.5) is 5.82 Å². The van der Waals surface area contributed by atoms with Gasteiger partial charge in [0, 0.05) is 64.1 Å². The van der Waals surface area contributed by atoms with Crippen LogP contribution in [0.25, 0.3) is 0 Å². The maximum atomic E-state index is 6.57. The largest absolute Gasteiger partial charge is 0.379 e. The summed E-state index contributed by atoms with van der Waals surface area (Å²) >= 11 is 6.57. The van der Waals surface area contributed by atoms with Gasteiger partial charge < -0.3 is 19.9 Å². The lowest BCUT2D eigenvalue weighted by atomic mass is 10.0. The first kappa shape index (κ1) is 25.0. The summed E-state index contributed by atoms with van der Waals surface area (Å²) in [5, 5.41) is 4.42. The van der Waals surface area contributed by atoms with E-state index in [4.69, 9.17) is 16.3 Å². The summed E-state index contributed by atoms with van der Waals surface area (Å²) in [4.78, 5) is 16.1. The summed E-state index contributed by atoms with van der Waals surface area (Å²) in [6.45, 7) is 7.73. The Bertz CT molecular complexity index is 857. The third-order valence-electron chi connectivity index (χ3n) is 5.97. The number of aromatic nitrogens is 1. The second kappa shape index (κ2) is 12.6. The first-order valence-corrected chi connectivity index (χ1v) is 11.3. The van der Waals surface area contributed by atoms with Gasteiger partial charge in [0.25, 0.3) is 0 Å². The lowest BCUT2D eigenvalue weighted by Gasteiger charge is -2.39. The third kappa shape index (κ3) is 6.24. The second-order valence-electron chi connectivity index (χ2n) is 7.78. The normalized spacial score (nSPS) is 18.8. The Morgan fingerprint density at radius 3 is 2.44 bits per heavy atom. The molecule has 1 atom stereocenters. The van der Waals surface area contributed by atoms with Gasteiger partial charge in [-0.2, -0.15) is 0 Å². The Balaban J connectivity index is 0.00000289. The van der Waals surface area contributed by atoms with Crippen molar-refractivity contribution < 1.29 is 4.74 Å². The molecule has 7 nitrogen and oxygen atoms in total. The molecule has 0 saturated carbocycles. The molecule has 4 rings (SSSR count). The summed E-state index contributed by atoms with van der Waals surface area (Å²) in [5.74, 6) is 1.97. The lowest BCUT2D eigenvalue weighted by molar-refractivity contribution is 0.0169. The molecule has 9 heteroatoms. The number of morpholine rings is 1. The molecule has 2 fully saturated rings. The number of pyridine rings is 1. The highest BCUT2D eigenvalue weighted by Crippen LogP contribution is 2.28. The number of nitrogens with zero attached hydrogens (tertiary/aromatic N) is 5. The smallest absolute Gasteiger partial charge is 0.193 e. The van der Waals surface area contributed by atoms with Gasteiger partial charge in [-0.05, 0) is 23.8 Å². The molecule has 0 amide bonds. The number of halogens is 2. The molecule has 2 aliphatic rings. The highest BCUT2D eigenvalue weighted by atomic mass is 127. The first-order chi connectivity index (χ1) is 15.3. The minimum atomic E-state index is 0. The molecule has 3 heterocycles. The number of anilines is 1. The van der Waals surface area contributed by atoms with Crippen molar-refractivity contribution in [2.75, 3.05) is 71.0 Å². The van der Waals surface area contributed by atoms with Crippen molar-refractivity contribution in [3.63, 3.8) is 0 Å². The van der Waals surface area contributed by atoms with Crippen LogP contribution in [0.3, 0.4) is 0 Å². The minimum absolute atomic E-state index is 0. The predicted octanol–water partition coefficient (Wildman–Crippen LogP) is 3.12. The number of benzene rings is 1. The molecule has 32 heavy (non-hydrogen) atoms. The van der Waals surface area contributed by atoms with Gasteiger partial charge in [-0.1, -0.05) is 35.9 Å². The molecule has 2 aromatic rings. The third-order valence-corrected chi connectivity index (χ3v) is 6.31.